The number of halogens is 1. The van der Waals surface area contributed by atoms with Gasteiger partial charge in [-0.05, 0) is 41.0 Å². The Kier molecular flexibility index (Phi) is 8.89. The Bertz CT molecular complexity index is 1260. The summed E-state index contributed by atoms with van der Waals surface area (Å²) in [5.74, 6) is 0.618. The summed E-state index contributed by atoms with van der Waals surface area (Å²) in [6.07, 6.45) is -0.497. The summed E-state index contributed by atoms with van der Waals surface area (Å²) in [5, 5.41) is 2.86. The Morgan fingerprint density at radius 2 is 1.31 bits per heavy atom. The maximum absolute atomic E-state index is 13.0. The van der Waals surface area contributed by atoms with Crippen molar-refractivity contribution in [3.05, 3.63) is 136 Å². The van der Waals surface area contributed by atoms with Crippen LogP contribution in [0.4, 0.5) is 4.79 Å². The largest absolute Gasteiger partial charge is 0.489 e. The van der Waals surface area contributed by atoms with E-state index in [1.807, 2.05) is 97.1 Å². The second-order valence-corrected chi connectivity index (χ2v) is 9.15. The number of nitrogens with one attached hydrogen (secondary N) is 1. The number of hydrogen-bond acceptors (Lipinski definition) is 4. The van der Waals surface area contributed by atoms with E-state index in [1.165, 1.54) is 0 Å². The molecule has 182 valence electrons. The molecule has 1 amide bonds. The summed E-state index contributed by atoms with van der Waals surface area (Å²) in [6, 6.07) is 33.4. The van der Waals surface area contributed by atoms with E-state index in [1.54, 1.807) is 12.1 Å². The summed E-state index contributed by atoms with van der Waals surface area (Å²) in [7, 11) is 0. The Morgan fingerprint density at radius 1 is 0.722 bits per heavy atom. The average molecular weight is 544 g/mol. The van der Waals surface area contributed by atoms with Gasteiger partial charge in [0.25, 0.3) is 0 Å². The molecule has 0 fully saturated rings. The summed E-state index contributed by atoms with van der Waals surface area (Å²) < 4.78 is 12.2. The van der Waals surface area contributed by atoms with E-state index < -0.39 is 12.1 Å². The minimum atomic E-state index is -0.586. The molecule has 1 N–H and O–H groups in total. The van der Waals surface area contributed by atoms with Gasteiger partial charge in [0.05, 0.1) is 6.04 Å². The molecule has 0 aliphatic carbocycles. The van der Waals surface area contributed by atoms with Crippen molar-refractivity contribution in [2.24, 2.45) is 0 Å². The zero-order valence-electron chi connectivity index (χ0n) is 19.6. The van der Waals surface area contributed by atoms with Crippen LogP contribution >= 0.6 is 15.9 Å². The third kappa shape index (κ3) is 7.55. The molecule has 4 rings (SSSR count). The van der Waals surface area contributed by atoms with Crippen molar-refractivity contribution in [2.45, 2.75) is 25.7 Å². The van der Waals surface area contributed by atoms with Gasteiger partial charge in [-0.25, -0.2) is 4.79 Å². The molecule has 0 radical (unpaired) electrons. The van der Waals surface area contributed by atoms with Crippen molar-refractivity contribution in [3.8, 4) is 5.75 Å². The predicted octanol–water partition coefficient (Wildman–Crippen LogP) is 7.27. The molecule has 0 aromatic heterocycles. The lowest BCUT2D eigenvalue weighted by Gasteiger charge is -2.19. The number of carbonyl (C=O) groups excluding carboxylic acids is 2. The SMILES string of the molecule is O=C(NC(CC(=O)c1ccc(Br)cc1)c1ccc(OCc2ccccc2)cc1)OCc1ccccc1. The van der Waals surface area contributed by atoms with E-state index in [0.29, 0.717) is 17.9 Å². The van der Waals surface area contributed by atoms with E-state index >= 15 is 0 Å². The first-order chi connectivity index (χ1) is 17.6. The molecular formula is C30H26BrNO4. The molecule has 1 unspecified atom stereocenters. The maximum Gasteiger partial charge on any atom is 0.407 e. The smallest absolute Gasteiger partial charge is 0.407 e. The number of carbonyl (C=O) groups is 2. The fourth-order valence-corrected chi connectivity index (χ4v) is 3.90. The molecule has 0 aliphatic rings. The van der Waals surface area contributed by atoms with Gasteiger partial charge in [-0.3, -0.25) is 4.79 Å². The zero-order chi connectivity index (χ0) is 25.2. The van der Waals surface area contributed by atoms with Crippen LogP contribution in [0, 0.1) is 0 Å². The van der Waals surface area contributed by atoms with E-state index in [2.05, 4.69) is 21.2 Å². The predicted molar refractivity (Wildman–Crippen MR) is 143 cm³/mol. The maximum atomic E-state index is 13.0. The van der Waals surface area contributed by atoms with E-state index in [-0.39, 0.29) is 18.8 Å². The van der Waals surface area contributed by atoms with Crippen molar-refractivity contribution in [1.29, 1.82) is 0 Å². The summed E-state index contributed by atoms with van der Waals surface area (Å²) >= 11 is 3.39. The Balaban J connectivity index is 1.44. The van der Waals surface area contributed by atoms with Crippen LogP contribution in [0.5, 0.6) is 5.75 Å². The molecule has 4 aromatic carbocycles. The molecule has 0 saturated heterocycles. The Morgan fingerprint density at radius 3 is 1.92 bits per heavy atom. The third-order valence-electron chi connectivity index (χ3n) is 5.59. The Hall–Kier alpha value is -3.90. The lowest BCUT2D eigenvalue weighted by atomic mass is 9.98. The Labute approximate surface area is 219 Å². The number of benzene rings is 4. The molecule has 6 heteroatoms. The molecule has 0 saturated carbocycles. The molecule has 5 nitrogen and oxygen atoms in total. The molecule has 4 aromatic rings. The van der Waals surface area contributed by atoms with Crippen LogP contribution in [0.25, 0.3) is 0 Å². The van der Waals surface area contributed by atoms with Crippen molar-refractivity contribution in [3.63, 3.8) is 0 Å². The monoisotopic (exact) mass is 543 g/mol. The standard InChI is InChI=1S/C30H26BrNO4/c31-26-15-11-25(12-16-26)29(33)19-28(32-30(34)36-21-23-9-5-2-6-10-23)24-13-17-27(18-14-24)35-20-22-7-3-1-4-8-22/h1-18,28H,19-21H2,(H,32,34). The first kappa shape index (κ1) is 25.2. The molecule has 0 aliphatic heterocycles. The van der Waals surface area contributed by atoms with Crippen LogP contribution in [-0.4, -0.2) is 11.9 Å². The quantitative estimate of drug-likeness (QED) is 0.213. The topological polar surface area (TPSA) is 64.6 Å². The molecule has 0 spiro atoms. The average Bonchev–Trinajstić information content (AvgIpc) is 2.92. The van der Waals surface area contributed by atoms with Gasteiger partial charge in [0.15, 0.2) is 5.78 Å². The summed E-state index contributed by atoms with van der Waals surface area (Å²) in [5.41, 5.74) is 3.31. The molecule has 0 heterocycles. The van der Waals surface area contributed by atoms with E-state index in [0.717, 1.165) is 21.2 Å². The second kappa shape index (κ2) is 12.7. The number of amides is 1. The number of ether oxygens (including phenoxy) is 2. The molecule has 36 heavy (non-hydrogen) atoms. The summed E-state index contributed by atoms with van der Waals surface area (Å²) in [6.45, 7) is 0.599. The van der Waals surface area contributed by atoms with Gasteiger partial charge in [-0.15, -0.1) is 0 Å². The number of ketones is 1. The highest BCUT2D eigenvalue weighted by Gasteiger charge is 2.20. The number of alkyl carbamates (subject to hydrolysis) is 1. The van der Waals surface area contributed by atoms with Crippen LogP contribution in [0.15, 0.2) is 114 Å². The van der Waals surface area contributed by atoms with Crippen LogP contribution < -0.4 is 10.1 Å². The lowest BCUT2D eigenvalue weighted by molar-refractivity contribution is 0.0963. The van der Waals surface area contributed by atoms with Gasteiger partial charge in [0, 0.05) is 16.5 Å². The van der Waals surface area contributed by atoms with Gasteiger partial charge < -0.3 is 14.8 Å². The van der Waals surface area contributed by atoms with Crippen molar-refractivity contribution in [2.75, 3.05) is 0 Å². The first-order valence-corrected chi connectivity index (χ1v) is 12.4. The normalized spacial score (nSPS) is 11.4. The molecular weight excluding hydrogens is 518 g/mol. The lowest BCUT2D eigenvalue weighted by Crippen LogP contribution is -2.30. The van der Waals surface area contributed by atoms with E-state index in [4.69, 9.17) is 9.47 Å². The highest BCUT2D eigenvalue weighted by Crippen LogP contribution is 2.24. The fourth-order valence-electron chi connectivity index (χ4n) is 3.64. The number of hydrogen-bond donors (Lipinski definition) is 1. The van der Waals surface area contributed by atoms with Gasteiger partial charge in [-0.1, -0.05) is 101 Å². The van der Waals surface area contributed by atoms with Crippen LogP contribution in [0.1, 0.15) is 39.5 Å². The zero-order valence-corrected chi connectivity index (χ0v) is 21.2. The highest BCUT2D eigenvalue weighted by molar-refractivity contribution is 9.10. The minimum absolute atomic E-state index is 0.0831. The third-order valence-corrected chi connectivity index (χ3v) is 6.12. The van der Waals surface area contributed by atoms with Gasteiger partial charge in [0.1, 0.15) is 19.0 Å². The van der Waals surface area contributed by atoms with Crippen molar-refractivity contribution < 1.29 is 19.1 Å². The van der Waals surface area contributed by atoms with Crippen LogP contribution in [-0.2, 0) is 18.0 Å². The number of Topliss-reactive ketones (excluding diaryl/α,β-unsaturated/α-hetero) is 1. The van der Waals surface area contributed by atoms with Crippen molar-refractivity contribution in [1.82, 2.24) is 5.32 Å². The van der Waals surface area contributed by atoms with Gasteiger partial charge >= 0.3 is 6.09 Å². The minimum Gasteiger partial charge on any atom is -0.489 e. The van der Waals surface area contributed by atoms with Crippen LogP contribution in [0.3, 0.4) is 0 Å². The van der Waals surface area contributed by atoms with Crippen molar-refractivity contribution >= 4 is 27.8 Å². The highest BCUT2D eigenvalue weighted by atomic mass is 79.9. The fraction of sp³-hybridized carbons (Fsp3) is 0.133. The second-order valence-electron chi connectivity index (χ2n) is 8.24. The first-order valence-electron chi connectivity index (χ1n) is 11.6. The van der Waals surface area contributed by atoms with Crippen LogP contribution in [0.2, 0.25) is 0 Å². The molecule has 0 bridgehead atoms. The van der Waals surface area contributed by atoms with Gasteiger partial charge in [-0.2, -0.15) is 0 Å². The van der Waals surface area contributed by atoms with Gasteiger partial charge in [0.2, 0.25) is 0 Å². The molecule has 1 atom stereocenters. The summed E-state index contributed by atoms with van der Waals surface area (Å²) in [4.78, 5) is 25.6. The van der Waals surface area contributed by atoms with E-state index in [9.17, 15) is 9.59 Å². The number of rotatable bonds is 10.